The average molecular weight is 263 g/mol. The van der Waals surface area contributed by atoms with Crippen molar-refractivity contribution in [2.24, 2.45) is 0 Å². The number of hydrogen-bond acceptors (Lipinski definition) is 5. The highest BCUT2D eigenvalue weighted by Gasteiger charge is 2.33. The second-order valence-corrected chi connectivity index (χ2v) is 3.89. The van der Waals surface area contributed by atoms with E-state index in [4.69, 9.17) is 0 Å². The number of anilines is 2. The zero-order chi connectivity index (χ0) is 13.8. The molecule has 0 fully saturated rings. The molecule has 1 aromatic heterocycles. The molecule has 0 saturated heterocycles. The van der Waals surface area contributed by atoms with Crippen LogP contribution in [0.4, 0.5) is 24.9 Å². The maximum absolute atomic E-state index is 12.6. The number of alkyl halides is 3. The summed E-state index contributed by atoms with van der Waals surface area (Å²) < 4.78 is 37.9. The summed E-state index contributed by atoms with van der Waals surface area (Å²) in [6.45, 7) is 2.42. The van der Waals surface area contributed by atoms with E-state index in [-0.39, 0.29) is 11.8 Å². The fourth-order valence-electron chi connectivity index (χ4n) is 1.19. The Morgan fingerprint density at radius 3 is 2.44 bits per heavy atom. The van der Waals surface area contributed by atoms with E-state index in [0.29, 0.717) is 6.54 Å². The Morgan fingerprint density at radius 1 is 1.28 bits per heavy atom. The van der Waals surface area contributed by atoms with Crippen molar-refractivity contribution in [1.29, 1.82) is 0 Å². The van der Waals surface area contributed by atoms with Crippen LogP contribution in [0.2, 0.25) is 0 Å². The predicted octanol–water partition coefficient (Wildman–Crippen LogP) is 2.21. The van der Waals surface area contributed by atoms with Gasteiger partial charge in [-0.1, -0.05) is 6.92 Å². The van der Waals surface area contributed by atoms with E-state index < -0.39 is 11.9 Å². The molecule has 0 aliphatic carbocycles. The Labute approximate surface area is 103 Å². The van der Waals surface area contributed by atoms with Crippen molar-refractivity contribution >= 4 is 11.8 Å². The van der Waals surface area contributed by atoms with Gasteiger partial charge < -0.3 is 10.7 Å². The topological polar surface area (TPSA) is 53.1 Å². The van der Waals surface area contributed by atoms with E-state index >= 15 is 0 Å². The van der Waals surface area contributed by atoms with Crippen LogP contribution in [0.5, 0.6) is 0 Å². The molecular weight excluding hydrogens is 247 g/mol. The minimum absolute atomic E-state index is 0.0315. The van der Waals surface area contributed by atoms with Crippen molar-refractivity contribution in [1.82, 2.24) is 15.0 Å². The van der Waals surface area contributed by atoms with Gasteiger partial charge in [0, 0.05) is 26.7 Å². The summed E-state index contributed by atoms with van der Waals surface area (Å²) in [4.78, 5) is 7.39. The first kappa shape index (κ1) is 14.5. The highest BCUT2D eigenvalue weighted by atomic mass is 19.4. The highest BCUT2D eigenvalue weighted by Crippen LogP contribution is 2.29. The van der Waals surface area contributed by atoms with E-state index in [1.807, 2.05) is 6.92 Å². The van der Waals surface area contributed by atoms with Crippen LogP contribution in [-0.2, 0) is 6.18 Å². The van der Waals surface area contributed by atoms with Gasteiger partial charge in [-0.2, -0.15) is 18.2 Å². The zero-order valence-corrected chi connectivity index (χ0v) is 10.5. The molecule has 1 heterocycles. The van der Waals surface area contributed by atoms with Crippen molar-refractivity contribution < 1.29 is 13.2 Å². The van der Waals surface area contributed by atoms with E-state index in [1.165, 1.54) is 5.01 Å². The second kappa shape index (κ2) is 5.85. The lowest BCUT2D eigenvalue weighted by Gasteiger charge is -2.15. The lowest BCUT2D eigenvalue weighted by molar-refractivity contribution is -0.141. The number of hydrazine groups is 1. The van der Waals surface area contributed by atoms with Crippen LogP contribution < -0.4 is 10.7 Å². The normalized spacial score (nSPS) is 11.7. The van der Waals surface area contributed by atoms with Crippen LogP contribution in [-0.4, -0.2) is 35.6 Å². The van der Waals surface area contributed by atoms with Crippen LogP contribution in [0, 0.1) is 0 Å². The Balaban J connectivity index is 3.03. The van der Waals surface area contributed by atoms with Crippen LogP contribution in [0.3, 0.4) is 0 Å². The third-order valence-corrected chi connectivity index (χ3v) is 1.89. The first-order valence-electron chi connectivity index (χ1n) is 5.47. The van der Waals surface area contributed by atoms with Gasteiger partial charge >= 0.3 is 6.18 Å². The van der Waals surface area contributed by atoms with Gasteiger partial charge in [-0.05, 0) is 6.42 Å². The number of rotatable bonds is 5. The summed E-state index contributed by atoms with van der Waals surface area (Å²) in [5.41, 5.74) is 1.70. The number of halogens is 3. The summed E-state index contributed by atoms with van der Waals surface area (Å²) in [5.74, 6) is 0.0666. The molecule has 2 N–H and O–H groups in total. The SMILES string of the molecule is CCCNc1nc(NN(C)C)cc(C(F)(F)F)n1. The van der Waals surface area contributed by atoms with Crippen molar-refractivity contribution in [2.75, 3.05) is 31.4 Å². The molecule has 0 atom stereocenters. The van der Waals surface area contributed by atoms with Crippen molar-refractivity contribution in [3.8, 4) is 0 Å². The third-order valence-electron chi connectivity index (χ3n) is 1.89. The van der Waals surface area contributed by atoms with Crippen LogP contribution >= 0.6 is 0 Å². The lowest BCUT2D eigenvalue weighted by atomic mass is 10.4. The summed E-state index contributed by atoms with van der Waals surface area (Å²) >= 11 is 0. The van der Waals surface area contributed by atoms with Gasteiger partial charge in [-0.15, -0.1) is 0 Å². The van der Waals surface area contributed by atoms with Gasteiger partial charge in [0.1, 0.15) is 5.82 Å². The summed E-state index contributed by atoms with van der Waals surface area (Å²) in [7, 11) is 3.32. The molecule has 18 heavy (non-hydrogen) atoms. The fraction of sp³-hybridized carbons (Fsp3) is 0.600. The molecule has 0 aliphatic rings. The Kier molecular flexibility index (Phi) is 4.71. The zero-order valence-electron chi connectivity index (χ0n) is 10.5. The van der Waals surface area contributed by atoms with Crippen LogP contribution in [0.15, 0.2) is 6.07 Å². The molecule has 0 amide bonds. The van der Waals surface area contributed by atoms with Gasteiger partial charge in [0.15, 0.2) is 5.69 Å². The number of hydrogen-bond donors (Lipinski definition) is 2. The largest absolute Gasteiger partial charge is 0.433 e. The Hall–Kier alpha value is -1.57. The first-order chi connectivity index (χ1) is 8.32. The Bertz CT molecular complexity index is 392. The van der Waals surface area contributed by atoms with E-state index in [1.54, 1.807) is 14.1 Å². The minimum Gasteiger partial charge on any atom is -0.354 e. The molecular formula is C10H16F3N5. The van der Waals surface area contributed by atoms with Crippen molar-refractivity contribution in [3.63, 3.8) is 0 Å². The summed E-state index contributed by atoms with van der Waals surface area (Å²) in [5, 5.41) is 4.25. The van der Waals surface area contributed by atoms with Gasteiger partial charge in [-0.25, -0.2) is 9.99 Å². The maximum Gasteiger partial charge on any atom is 0.433 e. The fourth-order valence-corrected chi connectivity index (χ4v) is 1.19. The number of aromatic nitrogens is 2. The smallest absolute Gasteiger partial charge is 0.354 e. The molecule has 1 aromatic rings. The number of nitrogens with one attached hydrogen (secondary N) is 2. The van der Waals surface area contributed by atoms with Gasteiger partial charge in [-0.3, -0.25) is 0 Å². The van der Waals surface area contributed by atoms with Gasteiger partial charge in [0.2, 0.25) is 5.95 Å². The molecule has 0 unspecified atom stereocenters. The van der Waals surface area contributed by atoms with Gasteiger partial charge in [0.25, 0.3) is 0 Å². The van der Waals surface area contributed by atoms with Crippen molar-refractivity contribution in [2.45, 2.75) is 19.5 Å². The van der Waals surface area contributed by atoms with E-state index in [0.717, 1.165) is 12.5 Å². The molecule has 0 aliphatic heterocycles. The van der Waals surface area contributed by atoms with Crippen LogP contribution in [0.1, 0.15) is 19.0 Å². The maximum atomic E-state index is 12.6. The lowest BCUT2D eigenvalue weighted by Crippen LogP contribution is -2.22. The second-order valence-electron chi connectivity index (χ2n) is 3.89. The molecule has 102 valence electrons. The minimum atomic E-state index is -4.49. The monoisotopic (exact) mass is 263 g/mol. The highest BCUT2D eigenvalue weighted by molar-refractivity contribution is 5.42. The number of nitrogens with zero attached hydrogens (tertiary/aromatic N) is 3. The molecule has 0 bridgehead atoms. The molecule has 0 radical (unpaired) electrons. The molecule has 1 rings (SSSR count). The molecule has 0 saturated carbocycles. The average Bonchev–Trinajstić information content (AvgIpc) is 2.24. The van der Waals surface area contributed by atoms with E-state index in [2.05, 4.69) is 20.7 Å². The quantitative estimate of drug-likeness (QED) is 0.798. The van der Waals surface area contributed by atoms with Crippen molar-refractivity contribution in [3.05, 3.63) is 11.8 Å². The predicted molar refractivity (Wildman–Crippen MR) is 63.1 cm³/mol. The summed E-state index contributed by atoms with van der Waals surface area (Å²) in [6.07, 6.45) is -3.72. The molecule has 0 spiro atoms. The van der Waals surface area contributed by atoms with Crippen LogP contribution in [0.25, 0.3) is 0 Å². The molecule has 0 aromatic carbocycles. The summed E-state index contributed by atoms with van der Waals surface area (Å²) in [6, 6.07) is 0.872. The third kappa shape index (κ3) is 4.36. The standard InChI is InChI=1S/C10H16F3N5/c1-4-5-14-9-15-7(10(11,12)13)6-8(16-9)17-18(2)3/h6H,4-5H2,1-3H3,(H2,14,15,16,17). The van der Waals surface area contributed by atoms with Gasteiger partial charge in [0.05, 0.1) is 0 Å². The Morgan fingerprint density at radius 2 is 1.94 bits per heavy atom. The first-order valence-corrected chi connectivity index (χ1v) is 5.47. The van der Waals surface area contributed by atoms with E-state index in [9.17, 15) is 13.2 Å². The molecule has 5 nitrogen and oxygen atoms in total. The molecule has 8 heteroatoms.